The van der Waals surface area contributed by atoms with Crippen molar-refractivity contribution < 1.29 is 0 Å². The van der Waals surface area contributed by atoms with Crippen LogP contribution in [0.2, 0.25) is 0 Å². The first-order valence-corrected chi connectivity index (χ1v) is 7.33. The van der Waals surface area contributed by atoms with Crippen LogP contribution in [0.1, 0.15) is 32.6 Å². The van der Waals surface area contributed by atoms with E-state index in [9.17, 15) is 0 Å². The van der Waals surface area contributed by atoms with Gasteiger partial charge in [0.15, 0.2) is 5.96 Å². The van der Waals surface area contributed by atoms with E-state index in [0.29, 0.717) is 5.41 Å². The number of aliphatic imine (C=N–C) groups is 1. The molecule has 0 spiro atoms. The van der Waals surface area contributed by atoms with Crippen LogP contribution in [0.15, 0.2) is 4.99 Å². The molecule has 0 radical (unpaired) electrons. The smallest absolute Gasteiger partial charge is 0.191 e. The van der Waals surface area contributed by atoms with Gasteiger partial charge in [-0.15, -0.1) is 0 Å². The zero-order valence-electron chi connectivity index (χ0n) is 10.4. The number of guanidine groups is 1. The molecule has 1 aliphatic heterocycles. The van der Waals surface area contributed by atoms with Crippen LogP contribution in [0.5, 0.6) is 0 Å². The number of hydrogen-bond acceptors (Lipinski definition) is 2. The molecule has 2 rings (SSSR count). The third-order valence-corrected chi connectivity index (χ3v) is 4.93. The lowest BCUT2D eigenvalue weighted by Gasteiger charge is -2.16. The molecular weight excluding hydrogens is 218 g/mol. The Morgan fingerprint density at radius 2 is 2.25 bits per heavy atom. The fourth-order valence-electron chi connectivity index (χ4n) is 1.92. The molecule has 0 aromatic heterocycles. The second-order valence-corrected chi connectivity index (χ2v) is 6.66. The van der Waals surface area contributed by atoms with E-state index in [4.69, 9.17) is 0 Å². The SMILES string of the molecule is CN=C(NCC1CCCS1)NCC1(C)CC1. The van der Waals surface area contributed by atoms with E-state index in [1.807, 2.05) is 7.05 Å². The van der Waals surface area contributed by atoms with Crippen molar-refractivity contribution in [3.63, 3.8) is 0 Å². The third kappa shape index (κ3) is 3.58. The fraction of sp³-hybridized carbons (Fsp3) is 0.917. The summed E-state index contributed by atoms with van der Waals surface area (Å²) in [6.07, 6.45) is 5.44. The lowest BCUT2D eigenvalue weighted by atomic mass is 10.1. The van der Waals surface area contributed by atoms with Gasteiger partial charge >= 0.3 is 0 Å². The quantitative estimate of drug-likeness (QED) is 0.582. The molecule has 1 aliphatic carbocycles. The van der Waals surface area contributed by atoms with Crippen molar-refractivity contribution in [1.29, 1.82) is 0 Å². The molecule has 1 saturated carbocycles. The molecule has 1 heterocycles. The molecule has 0 aromatic rings. The van der Waals surface area contributed by atoms with Crippen molar-refractivity contribution in [1.82, 2.24) is 10.6 Å². The lowest BCUT2D eigenvalue weighted by molar-refractivity contribution is 0.549. The number of rotatable bonds is 4. The number of nitrogens with one attached hydrogen (secondary N) is 2. The average Bonchev–Trinajstić information content (AvgIpc) is 2.82. The molecule has 1 saturated heterocycles. The van der Waals surface area contributed by atoms with Gasteiger partial charge < -0.3 is 10.6 Å². The van der Waals surface area contributed by atoms with E-state index in [2.05, 4.69) is 34.3 Å². The Balaban J connectivity index is 1.64. The van der Waals surface area contributed by atoms with Gasteiger partial charge in [-0.1, -0.05) is 6.92 Å². The zero-order chi connectivity index (χ0) is 11.4. The molecule has 4 heteroatoms. The summed E-state index contributed by atoms with van der Waals surface area (Å²) in [5, 5.41) is 7.64. The predicted octanol–water partition coefficient (Wildman–Crippen LogP) is 1.85. The largest absolute Gasteiger partial charge is 0.356 e. The molecule has 1 unspecified atom stereocenters. The van der Waals surface area contributed by atoms with Crippen LogP contribution < -0.4 is 10.6 Å². The highest BCUT2D eigenvalue weighted by atomic mass is 32.2. The summed E-state index contributed by atoms with van der Waals surface area (Å²) >= 11 is 2.09. The van der Waals surface area contributed by atoms with Gasteiger partial charge in [0.2, 0.25) is 0 Å². The average molecular weight is 241 g/mol. The molecule has 0 bridgehead atoms. The highest BCUT2D eigenvalue weighted by Crippen LogP contribution is 2.43. The molecule has 1 atom stereocenters. The first-order chi connectivity index (χ1) is 7.72. The minimum absolute atomic E-state index is 0.541. The van der Waals surface area contributed by atoms with Crippen LogP contribution in [-0.4, -0.2) is 37.1 Å². The topological polar surface area (TPSA) is 36.4 Å². The molecule has 2 aliphatic rings. The Kier molecular flexibility index (Phi) is 4.00. The lowest BCUT2D eigenvalue weighted by Crippen LogP contribution is -2.42. The summed E-state index contributed by atoms with van der Waals surface area (Å²) in [5.41, 5.74) is 0.541. The second-order valence-electron chi connectivity index (χ2n) is 5.25. The Bertz CT molecular complexity index is 255. The van der Waals surface area contributed by atoms with E-state index in [1.54, 1.807) is 0 Å². The van der Waals surface area contributed by atoms with Gasteiger partial charge in [-0.25, -0.2) is 0 Å². The summed E-state index contributed by atoms with van der Waals surface area (Å²) in [7, 11) is 1.85. The maximum absolute atomic E-state index is 4.27. The van der Waals surface area contributed by atoms with Crippen molar-refractivity contribution in [3.8, 4) is 0 Å². The molecule has 3 nitrogen and oxygen atoms in total. The van der Waals surface area contributed by atoms with Crippen molar-refractivity contribution >= 4 is 17.7 Å². The first kappa shape index (κ1) is 12.1. The Labute approximate surface area is 103 Å². The molecule has 92 valence electrons. The number of hydrogen-bond donors (Lipinski definition) is 2. The molecule has 0 aromatic carbocycles. The van der Waals surface area contributed by atoms with Gasteiger partial charge in [0.25, 0.3) is 0 Å². The summed E-state index contributed by atoms with van der Waals surface area (Å²) in [4.78, 5) is 4.27. The minimum Gasteiger partial charge on any atom is -0.356 e. The monoisotopic (exact) mass is 241 g/mol. The maximum atomic E-state index is 4.27. The second kappa shape index (κ2) is 5.30. The van der Waals surface area contributed by atoms with E-state index in [0.717, 1.165) is 24.3 Å². The minimum atomic E-state index is 0.541. The molecule has 0 amide bonds. The molecule has 16 heavy (non-hydrogen) atoms. The highest BCUT2D eigenvalue weighted by Gasteiger charge is 2.37. The zero-order valence-corrected chi connectivity index (χ0v) is 11.2. The fourth-order valence-corrected chi connectivity index (χ4v) is 3.12. The van der Waals surface area contributed by atoms with E-state index in [-0.39, 0.29) is 0 Å². The highest BCUT2D eigenvalue weighted by molar-refractivity contribution is 8.00. The van der Waals surface area contributed by atoms with Crippen LogP contribution >= 0.6 is 11.8 Å². The Morgan fingerprint density at radius 1 is 1.44 bits per heavy atom. The normalized spacial score (nSPS) is 27.9. The first-order valence-electron chi connectivity index (χ1n) is 6.28. The van der Waals surface area contributed by atoms with Gasteiger partial charge in [-0.3, -0.25) is 4.99 Å². The van der Waals surface area contributed by atoms with Gasteiger partial charge in [-0.05, 0) is 36.9 Å². The van der Waals surface area contributed by atoms with Crippen molar-refractivity contribution in [2.45, 2.75) is 37.9 Å². The van der Waals surface area contributed by atoms with Crippen LogP contribution in [-0.2, 0) is 0 Å². The number of thioether (sulfide) groups is 1. The van der Waals surface area contributed by atoms with E-state index < -0.39 is 0 Å². The van der Waals surface area contributed by atoms with Crippen LogP contribution in [0.25, 0.3) is 0 Å². The molecule has 2 N–H and O–H groups in total. The van der Waals surface area contributed by atoms with Crippen LogP contribution in [0.4, 0.5) is 0 Å². The maximum Gasteiger partial charge on any atom is 0.191 e. The summed E-state index contributed by atoms with van der Waals surface area (Å²) < 4.78 is 0. The predicted molar refractivity (Wildman–Crippen MR) is 72.2 cm³/mol. The molecule has 2 fully saturated rings. The summed E-state index contributed by atoms with van der Waals surface area (Å²) in [6.45, 7) is 4.45. The summed E-state index contributed by atoms with van der Waals surface area (Å²) in [5.74, 6) is 2.30. The van der Waals surface area contributed by atoms with Crippen molar-refractivity contribution in [2.24, 2.45) is 10.4 Å². The Morgan fingerprint density at radius 3 is 2.81 bits per heavy atom. The van der Waals surface area contributed by atoms with Crippen molar-refractivity contribution in [2.75, 3.05) is 25.9 Å². The van der Waals surface area contributed by atoms with Crippen LogP contribution in [0, 0.1) is 5.41 Å². The van der Waals surface area contributed by atoms with E-state index >= 15 is 0 Å². The molecular formula is C12H23N3S. The van der Waals surface area contributed by atoms with Crippen molar-refractivity contribution in [3.05, 3.63) is 0 Å². The van der Waals surface area contributed by atoms with Gasteiger partial charge in [0.1, 0.15) is 0 Å². The third-order valence-electron chi connectivity index (χ3n) is 3.53. The van der Waals surface area contributed by atoms with Gasteiger partial charge in [-0.2, -0.15) is 11.8 Å². The van der Waals surface area contributed by atoms with E-state index in [1.165, 1.54) is 31.4 Å². The number of nitrogens with zero attached hydrogens (tertiary/aromatic N) is 1. The summed E-state index contributed by atoms with van der Waals surface area (Å²) in [6, 6.07) is 0. The van der Waals surface area contributed by atoms with Gasteiger partial charge in [0.05, 0.1) is 0 Å². The standard InChI is InChI=1S/C12H23N3S/c1-12(5-6-12)9-15-11(13-2)14-8-10-4-3-7-16-10/h10H,3-9H2,1-2H3,(H2,13,14,15). The van der Waals surface area contributed by atoms with Gasteiger partial charge in [0, 0.05) is 25.4 Å². The Hall–Kier alpha value is -0.380. The van der Waals surface area contributed by atoms with Crippen LogP contribution in [0.3, 0.4) is 0 Å².